The van der Waals surface area contributed by atoms with Crippen LogP contribution in [0.1, 0.15) is 5.56 Å². The van der Waals surface area contributed by atoms with Gasteiger partial charge in [0.2, 0.25) is 0 Å². The van der Waals surface area contributed by atoms with E-state index in [2.05, 4.69) is 0 Å². The van der Waals surface area contributed by atoms with Gasteiger partial charge in [-0.25, -0.2) is 0 Å². The molecule has 0 saturated carbocycles. The van der Waals surface area contributed by atoms with Gasteiger partial charge in [0.1, 0.15) is 0 Å². The average molecular weight is 472 g/mol. The third-order valence-electron chi connectivity index (χ3n) is 2.68. The molecule has 2 aromatic carbocycles. The van der Waals surface area contributed by atoms with Crippen LogP contribution < -0.4 is 20.2 Å². The van der Waals surface area contributed by atoms with E-state index in [0.717, 1.165) is 11.8 Å². The van der Waals surface area contributed by atoms with Crippen molar-refractivity contribution in [3.05, 3.63) is 60.2 Å². The minimum absolute atomic E-state index is 0.832. The third-order valence-corrected chi connectivity index (χ3v) is 15.4. The fourth-order valence-corrected chi connectivity index (χ4v) is 13.0. The van der Waals surface area contributed by atoms with Crippen molar-refractivity contribution in [2.75, 3.05) is 0 Å². The maximum atomic E-state index is 10.9. The van der Waals surface area contributed by atoms with Gasteiger partial charge in [0.25, 0.3) is 0 Å². The van der Waals surface area contributed by atoms with Crippen molar-refractivity contribution in [2.45, 2.75) is 6.92 Å². The zero-order valence-corrected chi connectivity index (χ0v) is 15.5. The molecule has 0 fully saturated rings. The van der Waals surface area contributed by atoms with E-state index in [0.29, 0.717) is 0 Å². The molecule has 19 heavy (non-hydrogen) atoms. The van der Waals surface area contributed by atoms with Crippen LogP contribution in [0.3, 0.4) is 0 Å². The molecule has 98 valence electrons. The van der Waals surface area contributed by atoms with Gasteiger partial charge in [0, 0.05) is 0 Å². The molecule has 0 aliphatic rings. The van der Waals surface area contributed by atoms with Crippen molar-refractivity contribution in [3.8, 4) is 0 Å². The topological polar surface area (TPSA) is 78.4 Å². The normalized spacial score (nSPS) is 11.4. The van der Waals surface area contributed by atoms with Crippen molar-refractivity contribution in [1.29, 1.82) is 0 Å². The fraction of sp³-hybridized carbons (Fsp3) is 0.0769. The van der Waals surface area contributed by atoms with Crippen LogP contribution in [0, 0.1) is 17.2 Å². The van der Waals surface area contributed by atoms with Gasteiger partial charge in [-0.15, -0.1) is 0 Å². The summed E-state index contributed by atoms with van der Waals surface area (Å²) >= 11 is -3.46. The molecule has 6 heteroatoms. The Hall–Kier alpha value is -0.508. The van der Waals surface area contributed by atoms with Crippen molar-refractivity contribution >= 4 is 29.4 Å². The fourth-order valence-electron chi connectivity index (χ4n) is 1.77. The van der Waals surface area contributed by atoms with Crippen LogP contribution in [-0.2, 0) is 2.24 Å². The van der Waals surface area contributed by atoms with Crippen molar-refractivity contribution < 1.29 is 26.5 Å². The van der Waals surface area contributed by atoms with Gasteiger partial charge in [-0.2, -0.15) is 0 Å². The first-order valence-corrected chi connectivity index (χ1v) is 13.2. The van der Waals surface area contributed by atoms with Crippen LogP contribution in [0.4, 0.5) is 0 Å². The Labute approximate surface area is 122 Å². The summed E-state index contributed by atoms with van der Waals surface area (Å²) in [5.41, 5.74) is 1.08. The van der Waals surface area contributed by atoms with E-state index >= 15 is 0 Å². The summed E-state index contributed by atoms with van der Waals surface area (Å²) in [5, 5.41) is 0. The van der Waals surface area contributed by atoms with E-state index in [1.165, 1.54) is 0 Å². The SMILES string of the molecule is Cc1cc[c]([Tl]([O][Cl+3]([O-])([O-])[O-])[c]2ccccc2)cc1. The molecular weight excluding hydrogens is 460 g/mol. The van der Waals surface area contributed by atoms with Gasteiger partial charge in [0.05, 0.1) is 0 Å². The molecule has 0 bridgehead atoms. The Bertz CT molecular complexity index is 525. The molecule has 0 radical (unpaired) electrons. The van der Waals surface area contributed by atoms with Crippen LogP contribution in [0.2, 0.25) is 0 Å². The van der Waals surface area contributed by atoms with Gasteiger partial charge in [0.15, 0.2) is 0 Å². The monoisotopic (exact) mass is 472 g/mol. The molecule has 0 unspecified atom stereocenters. The van der Waals surface area contributed by atoms with Gasteiger partial charge in [-0.05, 0) is 0 Å². The van der Waals surface area contributed by atoms with E-state index < -0.39 is 33.4 Å². The van der Waals surface area contributed by atoms with Crippen LogP contribution in [0.15, 0.2) is 54.6 Å². The molecule has 0 amide bonds. The van der Waals surface area contributed by atoms with Gasteiger partial charge < -0.3 is 0 Å². The standard InChI is InChI=1S/C7H7.C6H5.ClHO4.Tl/c1-7-5-3-2-4-6-7;1-2-4-6-5-3-1;2-1(3,4)5;/h3-6H,1H3;1-5H;(H,2,3,4,5);/q;;;+1/p-1. The van der Waals surface area contributed by atoms with Crippen LogP contribution >= 0.6 is 0 Å². The zero-order chi connectivity index (χ0) is 13.9. The van der Waals surface area contributed by atoms with Crippen LogP contribution in [-0.4, -0.2) is 23.2 Å². The Morgan fingerprint density at radius 1 is 0.842 bits per heavy atom. The Kier molecular flexibility index (Phi) is 4.93. The molecule has 2 rings (SSSR count). The van der Waals surface area contributed by atoms with Crippen LogP contribution in [0.25, 0.3) is 0 Å². The van der Waals surface area contributed by atoms with E-state index in [9.17, 15) is 14.0 Å². The molecule has 0 atom stereocenters. The third kappa shape index (κ3) is 4.52. The second-order valence-corrected chi connectivity index (χ2v) is 15.3. The second-order valence-electron chi connectivity index (χ2n) is 4.17. The number of hydrogen-bond donors (Lipinski definition) is 0. The number of benzene rings is 2. The second kappa shape index (κ2) is 6.29. The summed E-state index contributed by atoms with van der Waals surface area (Å²) in [6.45, 7) is 1.95. The Morgan fingerprint density at radius 2 is 1.37 bits per heavy atom. The average Bonchev–Trinajstić information content (AvgIpc) is 2.37. The number of aryl methyl sites for hydroxylation is 1. The van der Waals surface area contributed by atoms with Gasteiger partial charge in [-0.3, -0.25) is 0 Å². The molecule has 4 nitrogen and oxygen atoms in total. The predicted molar refractivity (Wildman–Crippen MR) is 63.7 cm³/mol. The molecule has 0 aliphatic carbocycles. The van der Waals surface area contributed by atoms with E-state index in [4.69, 9.17) is 2.24 Å². The van der Waals surface area contributed by atoms with E-state index in [1.807, 2.05) is 61.5 Å². The molecule has 0 N–H and O–H groups in total. The molecule has 0 spiro atoms. The summed E-state index contributed by atoms with van der Waals surface area (Å²) in [4.78, 5) is 0. The van der Waals surface area contributed by atoms with Crippen molar-refractivity contribution in [3.63, 3.8) is 0 Å². The molecule has 0 saturated heterocycles. The molecule has 2 aromatic rings. The Morgan fingerprint density at radius 3 is 1.89 bits per heavy atom. The van der Waals surface area contributed by atoms with E-state index in [1.54, 1.807) is 0 Å². The van der Waals surface area contributed by atoms with Crippen molar-refractivity contribution in [1.82, 2.24) is 0 Å². The maximum absolute atomic E-state index is 10.9. The Balaban J connectivity index is 2.37. The first kappa shape index (κ1) is 14.9. The number of hydrogen-bond acceptors (Lipinski definition) is 4. The number of halogens is 1. The first-order chi connectivity index (χ1) is 8.96. The zero-order valence-electron chi connectivity index (χ0n) is 10.3. The summed E-state index contributed by atoms with van der Waals surface area (Å²) < 4.78 is 39.2. The summed E-state index contributed by atoms with van der Waals surface area (Å²) in [6, 6.07) is 16.6. The molecular formula is C13H12ClO4Tl. The summed E-state index contributed by atoms with van der Waals surface area (Å²) in [7, 11) is -4.40. The van der Waals surface area contributed by atoms with Crippen LogP contribution in [0.5, 0.6) is 0 Å². The molecule has 0 aliphatic heterocycles. The minimum atomic E-state index is -4.40. The van der Waals surface area contributed by atoms with Gasteiger partial charge in [-0.1, -0.05) is 0 Å². The van der Waals surface area contributed by atoms with E-state index in [-0.39, 0.29) is 0 Å². The molecule has 0 heterocycles. The van der Waals surface area contributed by atoms with Gasteiger partial charge >= 0.3 is 123 Å². The first-order valence-electron chi connectivity index (χ1n) is 5.66. The van der Waals surface area contributed by atoms with Crippen molar-refractivity contribution in [2.24, 2.45) is 0 Å². The number of rotatable bonds is 4. The summed E-state index contributed by atoms with van der Waals surface area (Å²) in [6.07, 6.45) is 0. The molecule has 0 aromatic heterocycles. The summed E-state index contributed by atoms with van der Waals surface area (Å²) in [5.74, 6) is 0. The predicted octanol–water partition coefficient (Wildman–Crippen LogP) is -1.99. The quantitative estimate of drug-likeness (QED) is 0.484.